The molecule has 1 saturated carbocycles. The van der Waals surface area contributed by atoms with Crippen LogP contribution in [0.2, 0.25) is 0 Å². The number of anilines is 3. The van der Waals surface area contributed by atoms with Crippen LogP contribution >= 0.6 is 0 Å². The molecule has 0 heterocycles. The van der Waals surface area contributed by atoms with Gasteiger partial charge in [0.1, 0.15) is 0 Å². The maximum Gasteiger partial charge on any atom is 0.0540 e. The van der Waals surface area contributed by atoms with Crippen LogP contribution in [0.3, 0.4) is 0 Å². The van der Waals surface area contributed by atoms with Gasteiger partial charge in [-0.2, -0.15) is 0 Å². The highest BCUT2D eigenvalue weighted by molar-refractivity contribution is 6.03. The summed E-state index contributed by atoms with van der Waals surface area (Å²) in [5, 5.41) is 2.76. The number of hydrogen-bond donors (Lipinski definition) is 0. The predicted octanol–water partition coefficient (Wildman–Crippen LogP) is 14.6. The maximum absolute atomic E-state index is 2.55. The minimum Gasteiger partial charge on any atom is -0.310 e. The predicted molar refractivity (Wildman–Crippen MR) is 225 cm³/mol. The molecule has 0 spiro atoms. The molecule has 1 nitrogen and oxygen atoms in total. The first kappa shape index (κ1) is 32.3. The van der Waals surface area contributed by atoms with Crippen molar-refractivity contribution in [1.29, 1.82) is 0 Å². The lowest BCUT2D eigenvalue weighted by Gasteiger charge is -2.31. The molecule has 10 rings (SSSR count). The fraction of sp³-hybridized carbons (Fsp3) is 0.231. The summed E-state index contributed by atoms with van der Waals surface area (Å²) in [4.78, 5) is 2.55. The van der Waals surface area contributed by atoms with Gasteiger partial charge in [0.15, 0.2) is 0 Å². The molecule has 3 aliphatic carbocycles. The highest BCUT2D eigenvalue weighted by atomic mass is 15.1. The molecule has 0 aromatic heterocycles. The van der Waals surface area contributed by atoms with Gasteiger partial charge in [-0.05, 0) is 115 Å². The lowest BCUT2D eigenvalue weighted by Crippen LogP contribution is -2.18. The molecule has 0 bridgehead atoms. The monoisotopic (exact) mass is 685 g/mol. The summed E-state index contributed by atoms with van der Waals surface area (Å²) < 4.78 is 0. The average Bonchev–Trinajstić information content (AvgIpc) is 3.57. The molecule has 0 unspecified atom stereocenters. The summed E-state index contributed by atoms with van der Waals surface area (Å²) in [6, 6.07) is 55.5. The average molecular weight is 686 g/mol. The Hall–Kier alpha value is -5.40. The van der Waals surface area contributed by atoms with Gasteiger partial charge in [-0.1, -0.05) is 162 Å². The van der Waals surface area contributed by atoms with Crippen molar-refractivity contribution in [1.82, 2.24) is 0 Å². The Labute approximate surface area is 315 Å². The first-order valence-electron chi connectivity index (χ1n) is 19.7. The number of para-hydroxylation sites is 1. The highest BCUT2D eigenvalue weighted by Crippen LogP contribution is 2.54. The second kappa shape index (κ2) is 12.1. The Balaban J connectivity index is 1.21. The second-order valence-corrected chi connectivity index (χ2v) is 16.7. The van der Waals surface area contributed by atoms with Crippen LogP contribution in [0, 0.1) is 0 Å². The van der Waals surface area contributed by atoms with Crippen LogP contribution in [0.25, 0.3) is 44.2 Å². The third kappa shape index (κ3) is 4.90. The molecule has 0 amide bonds. The number of hydrogen-bond acceptors (Lipinski definition) is 1. The highest BCUT2D eigenvalue weighted by Gasteiger charge is 2.38. The van der Waals surface area contributed by atoms with Gasteiger partial charge in [0.2, 0.25) is 0 Å². The molecule has 7 aromatic rings. The molecule has 1 fully saturated rings. The standard InChI is InChI=1S/C52H47N/c1-51(2)45-25-11-8-20-39(45)41-30-28-36(32-47(41)51)53(37-29-31-42-40-21-9-12-26-46(40)52(3,4)48(42)33-37)49-27-13-10-22-43(49)44-24-15-19-35-18-14-23-38(50(35)44)34-16-6-5-7-17-34/h8-15,18-34H,5-7,16-17H2,1-4H3. The van der Waals surface area contributed by atoms with Gasteiger partial charge >= 0.3 is 0 Å². The third-order valence-electron chi connectivity index (χ3n) is 13.1. The van der Waals surface area contributed by atoms with Crippen LogP contribution in [0.15, 0.2) is 146 Å². The SMILES string of the molecule is CC1(C)c2ccccc2-c2ccc(N(c3ccc4c(c3)C(C)(C)c3ccccc3-4)c3ccccc3-c3cccc4cccc(C5CCCCC5)c34)cc21. The fourth-order valence-electron chi connectivity index (χ4n) is 10.3. The summed E-state index contributed by atoms with van der Waals surface area (Å²) in [5.41, 5.74) is 18.5. The van der Waals surface area contributed by atoms with E-state index < -0.39 is 0 Å². The maximum atomic E-state index is 2.55. The van der Waals surface area contributed by atoms with E-state index in [1.807, 2.05) is 0 Å². The largest absolute Gasteiger partial charge is 0.310 e. The minimum absolute atomic E-state index is 0.0980. The molecule has 1 heteroatoms. The van der Waals surface area contributed by atoms with Crippen molar-refractivity contribution in [3.63, 3.8) is 0 Å². The van der Waals surface area contributed by atoms with Crippen LogP contribution in [0.5, 0.6) is 0 Å². The smallest absolute Gasteiger partial charge is 0.0540 e. The normalized spacial score (nSPS) is 16.5. The molecule has 0 radical (unpaired) electrons. The van der Waals surface area contributed by atoms with E-state index in [1.54, 1.807) is 0 Å². The number of rotatable bonds is 5. The van der Waals surface area contributed by atoms with Gasteiger partial charge in [0.25, 0.3) is 0 Å². The first-order chi connectivity index (χ1) is 25.8. The Kier molecular flexibility index (Phi) is 7.35. The van der Waals surface area contributed by atoms with E-state index in [0.29, 0.717) is 5.92 Å². The molecule has 7 aromatic carbocycles. The van der Waals surface area contributed by atoms with Crippen molar-refractivity contribution in [2.24, 2.45) is 0 Å². The lowest BCUT2D eigenvalue weighted by atomic mass is 9.80. The molecule has 0 atom stereocenters. The van der Waals surface area contributed by atoms with Gasteiger partial charge in [-0.3, -0.25) is 0 Å². The lowest BCUT2D eigenvalue weighted by molar-refractivity contribution is 0.445. The number of benzene rings is 7. The molecular weight excluding hydrogens is 639 g/mol. The van der Waals surface area contributed by atoms with Gasteiger partial charge in [0.05, 0.1) is 5.69 Å². The van der Waals surface area contributed by atoms with E-state index in [4.69, 9.17) is 0 Å². The summed E-state index contributed by atoms with van der Waals surface area (Å²) >= 11 is 0. The zero-order valence-electron chi connectivity index (χ0n) is 31.4. The Morgan fingerprint density at radius 1 is 0.434 bits per heavy atom. The van der Waals surface area contributed by atoms with Crippen molar-refractivity contribution in [3.05, 3.63) is 173 Å². The van der Waals surface area contributed by atoms with Crippen molar-refractivity contribution in [2.45, 2.75) is 76.5 Å². The van der Waals surface area contributed by atoms with Crippen LogP contribution < -0.4 is 4.90 Å². The van der Waals surface area contributed by atoms with Crippen molar-refractivity contribution in [2.75, 3.05) is 4.90 Å². The Morgan fingerprint density at radius 3 is 1.53 bits per heavy atom. The van der Waals surface area contributed by atoms with E-state index in [-0.39, 0.29) is 10.8 Å². The summed E-state index contributed by atoms with van der Waals surface area (Å²) in [7, 11) is 0. The number of fused-ring (bicyclic) bond motifs is 7. The fourth-order valence-corrected chi connectivity index (χ4v) is 10.3. The van der Waals surface area contributed by atoms with Crippen LogP contribution in [0.1, 0.15) is 93.5 Å². The molecule has 0 N–H and O–H groups in total. The summed E-state index contributed by atoms with van der Waals surface area (Å²) in [6.45, 7) is 9.55. The van der Waals surface area contributed by atoms with Gasteiger partial charge in [0, 0.05) is 27.8 Å². The summed E-state index contributed by atoms with van der Waals surface area (Å²) in [6.07, 6.45) is 6.57. The van der Waals surface area contributed by atoms with E-state index in [2.05, 4.69) is 178 Å². The molecular formula is C52H47N. The van der Waals surface area contributed by atoms with Gasteiger partial charge < -0.3 is 4.90 Å². The zero-order chi connectivity index (χ0) is 35.9. The van der Waals surface area contributed by atoms with E-state index in [1.165, 1.54) is 121 Å². The minimum atomic E-state index is -0.0980. The molecule has 3 aliphatic rings. The molecule has 0 aliphatic heterocycles. The van der Waals surface area contributed by atoms with Crippen molar-refractivity contribution < 1.29 is 0 Å². The van der Waals surface area contributed by atoms with Crippen molar-refractivity contribution >= 4 is 27.8 Å². The Morgan fingerprint density at radius 2 is 0.925 bits per heavy atom. The van der Waals surface area contributed by atoms with Crippen LogP contribution in [0.4, 0.5) is 17.1 Å². The summed E-state index contributed by atoms with van der Waals surface area (Å²) in [5.74, 6) is 0.609. The van der Waals surface area contributed by atoms with E-state index in [9.17, 15) is 0 Å². The zero-order valence-corrected chi connectivity index (χ0v) is 31.4. The van der Waals surface area contributed by atoms with E-state index in [0.717, 1.165) is 0 Å². The molecule has 0 saturated heterocycles. The number of nitrogens with zero attached hydrogens (tertiary/aromatic N) is 1. The topological polar surface area (TPSA) is 3.24 Å². The van der Waals surface area contributed by atoms with Gasteiger partial charge in [-0.15, -0.1) is 0 Å². The van der Waals surface area contributed by atoms with Crippen LogP contribution in [-0.4, -0.2) is 0 Å². The molecule has 260 valence electrons. The van der Waals surface area contributed by atoms with Crippen molar-refractivity contribution in [3.8, 4) is 33.4 Å². The first-order valence-corrected chi connectivity index (χ1v) is 19.7. The van der Waals surface area contributed by atoms with E-state index >= 15 is 0 Å². The van der Waals surface area contributed by atoms with Gasteiger partial charge in [-0.25, -0.2) is 0 Å². The van der Waals surface area contributed by atoms with Crippen LogP contribution in [-0.2, 0) is 10.8 Å². The quantitative estimate of drug-likeness (QED) is 0.174. The third-order valence-corrected chi connectivity index (χ3v) is 13.1. The second-order valence-electron chi connectivity index (χ2n) is 16.7. The Bertz CT molecular complexity index is 2450. The molecule has 53 heavy (non-hydrogen) atoms.